The summed E-state index contributed by atoms with van der Waals surface area (Å²) in [6.45, 7) is 6.56. The smallest absolute Gasteiger partial charge is 0.234 e. The van der Waals surface area contributed by atoms with E-state index in [1.807, 2.05) is 42.1 Å². The molecule has 1 aliphatic rings. The van der Waals surface area contributed by atoms with E-state index in [-0.39, 0.29) is 17.9 Å². The summed E-state index contributed by atoms with van der Waals surface area (Å²) < 4.78 is 2.11. The first-order chi connectivity index (χ1) is 15.8. The van der Waals surface area contributed by atoms with Crippen LogP contribution in [-0.4, -0.2) is 70.1 Å². The number of carbonyl (C=O) groups is 2. The van der Waals surface area contributed by atoms with Crippen molar-refractivity contribution in [2.75, 3.05) is 33.7 Å². The second-order valence-electron chi connectivity index (χ2n) is 9.58. The predicted octanol–water partition coefficient (Wildman–Crippen LogP) is 2.45. The van der Waals surface area contributed by atoms with Crippen LogP contribution in [0.4, 0.5) is 0 Å². The topological polar surface area (TPSA) is 83.4 Å². The summed E-state index contributed by atoms with van der Waals surface area (Å²) in [5.41, 5.74) is 1.27. The molecule has 0 saturated heterocycles. The van der Waals surface area contributed by atoms with Gasteiger partial charge in [-0.25, -0.2) is 0 Å². The van der Waals surface area contributed by atoms with Crippen molar-refractivity contribution < 1.29 is 9.59 Å². The standard InChI is InChI=1S/C25H38N6O2/c1-19(2)17-21(26-23(32)18-29(3)4)25-28-27-22-13-14-30(15-16-31(22)25)24(33)12-8-11-20-9-6-5-7-10-20/h5-7,9-10,19,21H,8,11-18H2,1-4H3,(H,26,32)/t21-/m0/s1. The average Bonchev–Trinajstić information content (AvgIpc) is 3.04. The Kier molecular flexibility index (Phi) is 9.00. The molecule has 1 aromatic carbocycles. The van der Waals surface area contributed by atoms with Crippen molar-refractivity contribution in [2.45, 2.75) is 58.5 Å². The zero-order valence-electron chi connectivity index (χ0n) is 20.5. The second kappa shape index (κ2) is 11.9. The minimum atomic E-state index is -0.188. The molecule has 0 saturated carbocycles. The quantitative estimate of drug-likeness (QED) is 0.596. The fourth-order valence-electron chi connectivity index (χ4n) is 4.33. The number of fused-ring (bicyclic) bond motifs is 1. The van der Waals surface area contributed by atoms with E-state index in [1.54, 1.807) is 0 Å². The van der Waals surface area contributed by atoms with E-state index in [0.717, 1.165) is 30.9 Å². The molecule has 1 aliphatic heterocycles. The number of aryl methyl sites for hydroxylation is 1. The van der Waals surface area contributed by atoms with E-state index in [9.17, 15) is 9.59 Å². The maximum atomic E-state index is 12.8. The Morgan fingerprint density at radius 3 is 2.55 bits per heavy atom. The number of nitrogens with one attached hydrogen (secondary N) is 1. The van der Waals surface area contributed by atoms with Gasteiger partial charge in [0.05, 0.1) is 12.6 Å². The van der Waals surface area contributed by atoms with Crippen molar-refractivity contribution in [3.63, 3.8) is 0 Å². The highest BCUT2D eigenvalue weighted by Gasteiger charge is 2.27. The summed E-state index contributed by atoms with van der Waals surface area (Å²) in [7, 11) is 3.76. The van der Waals surface area contributed by atoms with Gasteiger partial charge in [0.1, 0.15) is 5.82 Å². The molecule has 0 fully saturated rings. The second-order valence-corrected chi connectivity index (χ2v) is 9.58. The van der Waals surface area contributed by atoms with E-state index in [0.29, 0.717) is 44.9 Å². The van der Waals surface area contributed by atoms with Crippen LogP contribution in [-0.2, 0) is 29.0 Å². The molecular formula is C25H38N6O2. The zero-order chi connectivity index (χ0) is 23.8. The van der Waals surface area contributed by atoms with Gasteiger partial charge in [-0.2, -0.15) is 0 Å². The van der Waals surface area contributed by atoms with Crippen LogP contribution in [0, 0.1) is 5.92 Å². The number of nitrogens with zero attached hydrogens (tertiary/aromatic N) is 5. The molecule has 33 heavy (non-hydrogen) atoms. The Balaban J connectivity index is 1.61. The third-order valence-corrected chi connectivity index (χ3v) is 5.92. The van der Waals surface area contributed by atoms with E-state index in [2.05, 4.69) is 46.1 Å². The van der Waals surface area contributed by atoms with E-state index in [4.69, 9.17) is 0 Å². The molecule has 0 aliphatic carbocycles. The maximum Gasteiger partial charge on any atom is 0.234 e. The lowest BCUT2D eigenvalue weighted by Gasteiger charge is -2.23. The number of amides is 2. The molecule has 2 amide bonds. The van der Waals surface area contributed by atoms with Gasteiger partial charge in [-0.05, 0) is 44.8 Å². The van der Waals surface area contributed by atoms with Crippen molar-refractivity contribution in [3.8, 4) is 0 Å². The van der Waals surface area contributed by atoms with Crippen LogP contribution in [0.3, 0.4) is 0 Å². The van der Waals surface area contributed by atoms with Crippen LogP contribution < -0.4 is 5.32 Å². The van der Waals surface area contributed by atoms with Gasteiger partial charge in [0, 0.05) is 32.5 Å². The third kappa shape index (κ3) is 7.39. The maximum absolute atomic E-state index is 12.8. The molecule has 3 rings (SSSR count). The van der Waals surface area contributed by atoms with Crippen molar-refractivity contribution in [2.24, 2.45) is 5.92 Å². The molecule has 1 atom stereocenters. The minimum Gasteiger partial charge on any atom is -0.345 e. The molecule has 1 N–H and O–H groups in total. The molecule has 0 bridgehead atoms. The number of likely N-dealkylation sites (N-methyl/N-ethyl adjacent to an activating group) is 1. The van der Waals surface area contributed by atoms with Crippen molar-refractivity contribution in [1.29, 1.82) is 0 Å². The lowest BCUT2D eigenvalue weighted by Crippen LogP contribution is -2.38. The number of benzene rings is 1. The predicted molar refractivity (Wildman–Crippen MR) is 129 cm³/mol. The first-order valence-corrected chi connectivity index (χ1v) is 12.0. The molecule has 180 valence electrons. The summed E-state index contributed by atoms with van der Waals surface area (Å²) in [6, 6.07) is 10.1. The van der Waals surface area contributed by atoms with Gasteiger partial charge >= 0.3 is 0 Å². The highest BCUT2D eigenvalue weighted by Crippen LogP contribution is 2.22. The van der Waals surface area contributed by atoms with Crippen LogP contribution >= 0.6 is 0 Å². The Bertz CT molecular complexity index is 909. The first-order valence-electron chi connectivity index (χ1n) is 12.0. The first kappa shape index (κ1) is 24.9. The molecule has 8 heteroatoms. The van der Waals surface area contributed by atoms with Gasteiger partial charge in [-0.3, -0.25) is 9.59 Å². The van der Waals surface area contributed by atoms with Gasteiger partial charge in [-0.15, -0.1) is 10.2 Å². The van der Waals surface area contributed by atoms with Gasteiger partial charge in [-0.1, -0.05) is 44.2 Å². The fourth-order valence-corrected chi connectivity index (χ4v) is 4.33. The molecule has 8 nitrogen and oxygen atoms in total. The largest absolute Gasteiger partial charge is 0.345 e. The van der Waals surface area contributed by atoms with Gasteiger partial charge < -0.3 is 19.7 Å². The molecule has 1 aromatic heterocycles. The van der Waals surface area contributed by atoms with Crippen LogP contribution in [0.5, 0.6) is 0 Å². The Hall–Kier alpha value is -2.74. The monoisotopic (exact) mass is 454 g/mol. The average molecular weight is 455 g/mol. The van der Waals surface area contributed by atoms with E-state index >= 15 is 0 Å². The summed E-state index contributed by atoms with van der Waals surface area (Å²) >= 11 is 0. The number of aromatic nitrogens is 3. The van der Waals surface area contributed by atoms with Crippen LogP contribution in [0.1, 0.15) is 56.4 Å². The summed E-state index contributed by atoms with van der Waals surface area (Å²) in [5, 5.41) is 12.0. The SMILES string of the molecule is CC(C)C[C@H](NC(=O)CN(C)C)c1nnc2n1CCN(C(=O)CCCc1ccccc1)CC2. The van der Waals surface area contributed by atoms with Gasteiger partial charge in [0.15, 0.2) is 5.82 Å². The zero-order valence-corrected chi connectivity index (χ0v) is 20.5. The highest BCUT2D eigenvalue weighted by molar-refractivity contribution is 5.78. The van der Waals surface area contributed by atoms with E-state index in [1.165, 1.54) is 5.56 Å². The molecule has 2 aromatic rings. The highest BCUT2D eigenvalue weighted by atomic mass is 16.2. The number of rotatable bonds is 10. The Labute approximate surface area is 197 Å². The lowest BCUT2D eigenvalue weighted by atomic mass is 10.0. The molecular weight excluding hydrogens is 416 g/mol. The van der Waals surface area contributed by atoms with Crippen LogP contribution in [0.25, 0.3) is 0 Å². The lowest BCUT2D eigenvalue weighted by molar-refractivity contribution is -0.131. The van der Waals surface area contributed by atoms with Gasteiger partial charge in [0.2, 0.25) is 11.8 Å². The van der Waals surface area contributed by atoms with Crippen molar-refractivity contribution >= 4 is 11.8 Å². The molecule has 2 heterocycles. The summed E-state index contributed by atoms with van der Waals surface area (Å²) in [5.74, 6) is 2.26. The van der Waals surface area contributed by atoms with E-state index < -0.39 is 0 Å². The normalized spacial score (nSPS) is 14.8. The van der Waals surface area contributed by atoms with Crippen molar-refractivity contribution in [1.82, 2.24) is 29.9 Å². The molecule has 0 unspecified atom stereocenters. The Morgan fingerprint density at radius 2 is 1.85 bits per heavy atom. The van der Waals surface area contributed by atoms with Crippen LogP contribution in [0.15, 0.2) is 30.3 Å². The van der Waals surface area contributed by atoms with Crippen LogP contribution in [0.2, 0.25) is 0 Å². The molecule has 0 radical (unpaired) electrons. The number of hydrogen-bond donors (Lipinski definition) is 1. The number of hydrogen-bond acceptors (Lipinski definition) is 5. The number of carbonyl (C=O) groups excluding carboxylic acids is 2. The molecule has 0 spiro atoms. The fraction of sp³-hybridized carbons (Fsp3) is 0.600. The van der Waals surface area contributed by atoms with Crippen molar-refractivity contribution in [3.05, 3.63) is 47.5 Å². The van der Waals surface area contributed by atoms with Gasteiger partial charge in [0.25, 0.3) is 0 Å². The minimum absolute atomic E-state index is 0.0214. The Morgan fingerprint density at radius 1 is 1.09 bits per heavy atom. The summed E-state index contributed by atoms with van der Waals surface area (Å²) in [4.78, 5) is 29.1. The third-order valence-electron chi connectivity index (χ3n) is 5.92. The summed E-state index contributed by atoms with van der Waals surface area (Å²) in [6.07, 6.45) is 3.79.